The molecule has 0 bridgehead atoms. The van der Waals surface area contributed by atoms with Crippen molar-refractivity contribution in [2.75, 3.05) is 6.54 Å². The molecule has 1 aromatic heterocycles. The van der Waals surface area contributed by atoms with Crippen molar-refractivity contribution in [2.45, 2.75) is 31.1 Å². The zero-order chi connectivity index (χ0) is 13.8. The molecule has 0 amide bonds. The van der Waals surface area contributed by atoms with Gasteiger partial charge in [-0.1, -0.05) is 61.1 Å². The number of hydrogen-bond donors (Lipinski definition) is 1. The molecule has 2 N–H and O–H groups in total. The second-order valence-electron chi connectivity index (χ2n) is 5.45. The molecule has 21 heavy (non-hydrogen) atoms. The molecular formula is C17H21ClN2S. The van der Waals surface area contributed by atoms with Crippen LogP contribution in [0.3, 0.4) is 0 Å². The van der Waals surface area contributed by atoms with Crippen LogP contribution in [-0.2, 0) is 5.41 Å². The summed E-state index contributed by atoms with van der Waals surface area (Å²) in [4.78, 5) is 4.89. The summed E-state index contributed by atoms with van der Waals surface area (Å²) in [5.41, 5.74) is 2.84. The van der Waals surface area contributed by atoms with E-state index in [-0.39, 0.29) is 17.8 Å². The van der Waals surface area contributed by atoms with Crippen LogP contribution in [-0.4, -0.2) is 11.5 Å². The van der Waals surface area contributed by atoms with Gasteiger partial charge in [0.2, 0.25) is 0 Å². The molecule has 2 aromatic rings. The second kappa shape index (κ2) is 7.21. The smallest absolute Gasteiger partial charge is 0.283 e. The molecular weight excluding hydrogens is 300 g/mol. The normalized spacial score (nSPS) is 16.4. The van der Waals surface area contributed by atoms with Crippen LogP contribution in [0.15, 0.2) is 48.4 Å². The lowest BCUT2D eigenvalue weighted by molar-refractivity contribution is -0.560. The Labute approximate surface area is 136 Å². The van der Waals surface area contributed by atoms with Gasteiger partial charge in [0, 0.05) is 10.8 Å². The Bertz CT molecular complexity index is 573. The molecule has 3 rings (SSSR count). The molecule has 0 unspecified atom stereocenters. The Morgan fingerprint density at radius 3 is 2.62 bits per heavy atom. The van der Waals surface area contributed by atoms with Crippen molar-refractivity contribution in [3.63, 3.8) is 0 Å². The molecule has 0 aliphatic heterocycles. The van der Waals surface area contributed by atoms with E-state index < -0.39 is 0 Å². The minimum absolute atomic E-state index is 0. The Morgan fingerprint density at radius 2 is 1.95 bits per heavy atom. The summed E-state index contributed by atoms with van der Waals surface area (Å²) in [5.74, 6) is 0. The van der Waals surface area contributed by atoms with Crippen molar-refractivity contribution in [1.29, 1.82) is 0 Å². The number of halogens is 1. The zero-order valence-electron chi connectivity index (χ0n) is 12.1. The van der Waals surface area contributed by atoms with Crippen LogP contribution < -0.4 is 17.7 Å². The summed E-state index contributed by atoms with van der Waals surface area (Å²) < 4.78 is 0. The number of aromatic nitrogens is 1. The highest BCUT2D eigenvalue weighted by Crippen LogP contribution is 2.46. The molecule has 112 valence electrons. The van der Waals surface area contributed by atoms with E-state index in [9.17, 15) is 0 Å². The molecule has 1 fully saturated rings. The largest absolute Gasteiger partial charge is 1.00 e. The SMILES string of the molecule is C=CC[NH2+]c1nc(C2(c3ccccc3)CCCC2)cs1.[Cl-]. The Hall–Kier alpha value is -1.16. The van der Waals surface area contributed by atoms with Gasteiger partial charge in [-0.3, -0.25) is 5.32 Å². The van der Waals surface area contributed by atoms with E-state index in [1.54, 1.807) is 11.3 Å². The fraction of sp³-hybridized carbons (Fsp3) is 0.353. The van der Waals surface area contributed by atoms with Gasteiger partial charge in [-0.05, 0) is 24.5 Å². The molecule has 0 radical (unpaired) electrons. The molecule has 0 spiro atoms. The third-order valence-corrected chi connectivity index (χ3v) is 5.10. The Morgan fingerprint density at radius 1 is 1.24 bits per heavy atom. The summed E-state index contributed by atoms with van der Waals surface area (Å²) >= 11 is 1.76. The van der Waals surface area contributed by atoms with E-state index in [4.69, 9.17) is 4.98 Å². The predicted molar refractivity (Wildman–Crippen MR) is 84.5 cm³/mol. The molecule has 2 nitrogen and oxygen atoms in total. The van der Waals surface area contributed by atoms with Gasteiger partial charge in [0.25, 0.3) is 5.13 Å². The molecule has 1 saturated carbocycles. The second-order valence-corrected chi connectivity index (χ2v) is 6.34. The van der Waals surface area contributed by atoms with Crippen molar-refractivity contribution < 1.29 is 17.7 Å². The average molecular weight is 321 g/mol. The molecule has 0 atom stereocenters. The van der Waals surface area contributed by atoms with Gasteiger partial charge >= 0.3 is 0 Å². The first-order valence-corrected chi connectivity index (χ1v) is 8.19. The lowest BCUT2D eigenvalue weighted by atomic mass is 9.76. The fourth-order valence-corrected chi connectivity index (χ4v) is 4.07. The maximum absolute atomic E-state index is 4.89. The van der Waals surface area contributed by atoms with Gasteiger partial charge in [-0.2, -0.15) is 4.98 Å². The molecule has 1 aliphatic carbocycles. The van der Waals surface area contributed by atoms with E-state index in [1.807, 2.05) is 6.08 Å². The first-order chi connectivity index (χ1) is 9.85. The third kappa shape index (κ3) is 3.20. The Kier molecular flexibility index (Phi) is 5.57. The maximum atomic E-state index is 4.89. The van der Waals surface area contributed by atoms with Crippen LogP contribution in [0.5, 0.6) is 0 Å². The monoisotopic (exact) mass is 320 g/mol. The van der Waals surface area contributed by atoms with Crippen LogP contribution >= 0.6 is 11.3 Å². The maximum Gasteiger partial charge on any atom is 0.283 e. The standard InChI is InChI=1S/C17H20N2S.ClH/c1-2-12-18-16-19-15(13-20-16)17(10-6-7-11-17)14-8-4-3-5-9-14;/h2-5,8-9,13H,1,6-7,10-12H2,(H,18,19);1H. The molecule has 1 aromatic carbocycles. The summed E-state index contributed by atoms with van der Waals surface area (Å²) in [6, 6.07) is 10.9. The van der Waals surface area contributed by atoms with E-state index in [1.165, 1.54) is 36.9 Å². The van der Waals surface area contributed by atoms with Crippen molar-refractivity contribution in [1.82, 2.24) is 4.98 Å². The number of nitrogens with two attached hydrogens (primary N) is 1. The topological polar surface area (TPSA) is 29.5 Å². The zero-order valence-corrected chi connectivity index (χ0v) is 13.7. The number of rotatable bonds is 5. The van der Waals surface area contributed by atoms with Gasteiger partial charge in [-0.25, -0.2) is 0 Å². The molecule has 1 aliphatic rings. The van der Waals surface area contributed by atoms with Gasteiger partial charge in [-0.15, -0.1) is 0 Å². The minimum atomic E-state index is 0. The highest BCUT2D eigenvalue weighted by atomic mass is 35.5. The van der Waals surface area contributed by atoms with E-state index in [0.29, 0.717) is 0 Å². The number of quaternary nitrogens is 1. The van der Waals surface area contributed by atoms with Gasteiger partial charge in [0.05, 0.1) is 5.69 Å². The van der Waals surface area contributed by atoms with Crippen LogP contribution in [0.4, 0.5) is 5.13 Å². The van der Waals surface area contributed by atoms with Crippen molar-refractivity contribution in [2.24, 2.45) is 0 Å². The Balaban J connectivity index is 0.00000161. The van der Waals surface area contributed by atoms with Crippen molar-refractivity contribution in [3.8, 4) is 0 Å². The lowest BCUT2D eigenvalue weighted by Crippen LogP contribution is -3.00. The number of hydrogen-bond acceptors (Lipinski definition) is 2. The van der Waals surface area contributed by atoms with Crippen LogP contribution in [0, 0.1) is 0 Å². The first-order valence-electron chi connectivity index (χ1n) is 7.31. The highest BCUT2D eigenvalue weighted by molar-refractivity contribution is 7.12. The van der Waals surface area contributed by atoms with E-state index in [2.05, 4.69) is 47.6 Å². The summed E-state index contributed by atoms with van der Waals surface area (Å²) in [6.07, 6.45) is 6.98. The van der Waals surface area contributed by atoms with Crippen LogP contribution in [0.2, 0.25) is 0 Å². The van der Waals surface area contributed by atoms with Gasteiger partial charge < -0.3 is 12.4 Å². The molecule has 4 heteroatoms. The fourth-order valence-electron chi connectivity index (χ4n) is 3.21. The van der Waals surface area contributed by atoms with Crippen LogP contribution in [0.1, 0.15) is 36.9 Å². The first kappa shape index (κ1) is 16.2. The number of thiazole rings is 1. The summed E-state index contributed by atoms with van der Waals surface area (Å²) in [5, 5.41) is 5.55. The number of nitrogens with zero attached hydrogens (tertiary/aromatic N) is 1. The van der Waals surface area contributed by atoms with Gasteiger partial charge in [0.1, 0.15) is 6.54 Å². The highest BCUT2D eigenvalue weighted by Gasteiger charge is 2.39. The summed E-state index contributed by atoms with van der Waals surface area (Å²) in [6.45, 7) is 4.66. The summed E-state index contributed by atoms with van der Waals surface area (Å²) in [7, 11) is 0. The van der Waals surface area contributed by atoms with Crippen molar-refractivity contribution >= 4 is 16.5 Å². The predicted octanol–water partition coefficient (Wildman–Crippen LogP) is 0.388. The van der Waals surface area contributed by atoms with E-state index in [0.717, 1.165) is 11.7 Å². The lowest BCUT2D eigenvalue weighted by Gasteiger charge is -2.27. The number of benzene rings is 1. The van der Waals surface area contributed by atoms with Gasteiger partial charge in [0.15, 0.2) is 0 Å². The van der Waals surface area contributed by atoms with E-state index >= 15 is 0 Å². The molecule has 0 saturated heterocycles. The quantitative estimate of drug-likeness (QED) is 0.794. The minimum Gasteiger partial charge on any atom is -1.00 e. The average Bonchev–Trinajstić information content (AvgIpc) is 3.16. The van der Waals surface area contributed by atoms with Crippen molar-refractivity contribution in [3.05, 3.63) is 59.6 Å². The van der Waals surface area contributed by atoms with Crippen LogP contribution in [0.25, 0.3) is 0 Å². The third-order valence-electron chi connectivity index (χ3n) is 4.25. The molecule has 1 heterocycles.